The summed E-state index contributed by atoms with van der Waals surface area (Å²) in [5.74, 6) is -1.44. The molecule has 0 radical (unpaired) electrons. The maximum atomic E-state index is 13.9. The van der Waals surface area contributed by atoms with Crippen molar-refractivity contribution < 1.29 is 22.4 Å². The lowest BCUT2D eigenvalue weighted by Gasteiger charge is -2.33. The van der Waals surface area contributed by atoms with E-state index in [0.29, 0.717) is 21.8 Å². The number of sulfonamides is 1. The first-order chi connectivity index (χ1) is 18.2. The molecule has 3 aromatic carbocycles. The Kier molecular flexibility index (Phi) is 9.40. The summed E-state index contributed by atoms with van der Waals surface area (Å²) >= 11 is 5.98. The summed E-state index contributed by atoms with van der Waals surface area (Å²) in [5, 5.41) is 3.24. The van der Waals surface area contributed by atoms with Gasteiger partial charge in [-0.15, -0.1) is 0 Å². The van der Waals surface area contributed by atoms with E-state index in [1.807, 2.05) is 20.8 Å². The lowest BCUT2D eigenvalue weighted by molar-refractivity contribution is -0.140. The predicted molar refractivity (Wildman–Crippen MR) is 151 cm³/mol. The fourth-order valence-corrected chi connectivity index (χ4v) is 5.54. The van der Waals surface area contributed by atoms with Gasteiger partial charge in [-0.05, 0) is 88.2 Å². The van der Waals surface area contributed by atoms with E-state index in [-0.39, 0.29) is 11.4 Å². The fraction of sp³-hybridized carbons (Fsp3) is 0.310. The molecule has 0 aromatic heterocycles. The van der Waals surface area contributed by atoms with E-state index >= 15 is 0 Å². The summed E-state index contributed by atoms with van der Waals surface area (Å²) in [6, 6.07) is 17.1. The van der Waals surface area contributed by atoms with E-state index in [1.54, 1.807) is 38.1 Å². The van der Waals surface area contributed by atoms with Crippen LogP contribution in [0.25, 0.3) is 0 Å². The third kappa shape index (κ3) is 7.80. The Morgan fingerprint density at radius 3 is 2.13 bits per heavy atom. The van der Waals surface area contributed by atoms with Gasteiger partial charge < -0.3 is 10.2 Å². The standard InChI is InChI=1S/C29H33ClFN3O4S/c1-20-8-6-7-9-26(20)34(39(37,38)25-16-12-23(30)13-17-25)19-27(35)33(18-22-10-14-24(31)15-11-22)21(2)28(36)32-29(3,4)5/h6-17,21H,18-19H2,1-5H3,(H,32,36)/t21-/m1/s1. The topological polar surface area (TPSA) is 86.8 Å². The van der Waals surface area contributed by atoms with Gasteiger partial charge in [0.1, 0.15) is 18.4 Å². The van der Waals surface area contributed by atoms with Crippen LogP contribution in [-0.4, -0.2) is 43.3 Å². The van der Waals surface area contributed by atoms with Crippen LogP contribution in [0.4, 0.5) is 10.1 Å². The minimum Gasteiger partial charge on any atom is -0.350 e. The first-order valence-corrected chi connectivity index (χ1v) is 14.2. The van der Waals surface area contributed by atoms with Crippen LogP contribution in [0.1, 0.15) is 38.8 Å². The van der Waals surface area contributed by atoms with Crippen molar-refractivity contribution in [2.45, 2.75) is 57.6 Å². The second kappa shape index (κ2) is 12.2. The van der Waals surface area contributed by atoms with Crippen molar-refractivity contribution in [3.05, 3.63) is 94.8 Å². The highest BCUT2D eigenvalue weighted by Gasteiger charge is 2.33. The third-order valence-electron chi connectivity index (χ3n) is 6.00. The molecule has 0 bridgehead atoms. The number of para-hydroxylation sites is 1. The van der Waals surface area contributed by atoms with Crippen molar-refractivity contribution in [1.29, 1.82) is 0 Å². The fourth-order valence-electron chi connectivity index (χ4n) is 3.93. The molecule has 3 aromatic rings. The van der Waals surface area contributed by atoms with E-state index < -0.39 is 45.8 Å². The predicted octanol–water partition coefficient (Wildman–Crippen LogP) is 5.31. The molecule has 39 heavy (non-hydrogen) atoms. The van der Waals surface area contributed by atoms with Crippen LogP contribution in [-0.2, 0) is 26.2 Å². The molecule has 1 N–H and O–H groups in total. The number of benzene rings is 3. The van der Waals surface area contributed by atoms with Crippen LogP contribution >= 0.6 is 11.6 Å². The van der Waals surface area contributed by atoms with Crippen LogP contribution in [0.2, 0.25) is 5.02 Å². The summed E-state index contributed by atoms with van der Waals surface area (Å²) in [6.45, 7) is 8.20. The molecule has 0 aliphatic rings. The number of nitrogens with zero attached hydrogens (tertiary/aromatic N) is 2. The Labute approximate surface area is 234 Å². The lowest BCUT2D eigenvalue weighted by Crippen LogP contribution is -2.54. The molecular formula is C29H33ClFN3O4S. The summed E-state index contributed by atoms with van der Waals surface area (Å²) < 4.78 is 42.3. The molecular weight excluding hydrogens is 541 g/mol. The van der Waals surface area contributed by atoms with Gasteiger partial charge in [-0.2, -0.15) is 0 Å². The number of carbonyl (C=O) groups is 2. The van der Waals surface area contributed by atoms with Crippen LogP contribution in [0.3, 0.4) is 0 Å². The van der Waals surface area contributed by atoms with E-state index in [0.717, 1.165) is 4.31 Å². The van der Waals surface area contributed by atoms with Crippen LogP contribution < -0.4 is 9.62 Å². The highest BCUT2D eigenvalue weighted by atomic mass is 35.5. The van der Waals surface area contributed by atoms with Crippen molar-refractivity contribution in [1.82, 2.24) is 10.2 Å². The number of rotatable bonds is 9. The maximum absolute atomic E-state index is 13.9. The summed E-state index contributed by atoms with van der Waals surface area (Å²) in [4.78, 5) is 28.3. The van der Waals surface area contributed by atoms with E-state index in [2.05, 4.69) is 5.32 Å². The van der Waals surface area contributed by atoms with Crippen LogP contribution in [0.5, 0.6) is 0 Å². The molecule has 1 atom stereocenters. The SMILES string of the molecule is Cc1ccccc1N(CC(=O)N(Cc1ccc(F)cc1)[C@H](C)C(=O)NC(C)(C)C)S(=O)(=O)c1ccc(Cl)cc1. The van der Waals surface area contributed by atoms with Gasteiger partial charge in [-0.3, -0.25) is 13.9 Å². The summed E-state index contributed by atoms with van der Waals surface area (Å²) in [6.07, 6.45) is 0. The third-order valence-corrected chi connectivity index (χ3v) is 8.02. The highest BCUT2D eigenvalue weighted by molar-refractivity contribution is 7.92. The number of aryl methyl sites for hydroxylation is 1. The Morgan fingerprint density at radius 1 is 0.974 bits per heavy atom. The molecule has 2 amide bonds. The average molecular weight is 574 g/mol. The van der Waals surface area contributed by atoms with E-state index in [1.165, 1.54) is 53.4 Å². The normalized spacial score (nSPS) is 12.5. The van der Waals surface area contributed by atoms with Gasteiger partial charge in [0, 0.05) is 17.1 Å². The Balaban J connectivity index is 2.04. The second-order valence-corrected chi connectivity index (χ2v) is 12.6. The molecule has 10 heteroatoms. The number of nitrogens with one attached hydrogen (secondary N) is 1. The zero-order chi connectivity index (χ0) is 29.0. The lowest BCUT2D eigenvalue weighted by atomic mass is 10.1. The number of hydrogen-bond donors (Lipinski definition) is 1. The van der Waals surface area contributed by atoms with Crippen LogP contribution in [0, 0.1) is 12.7 Å². The molecule has 0 aliphatic heterocycles. The second-order valence-electron chi connectivity index (χ2n) is 10.3. The quantitative estimate of drug-likeness (QED) is 0.376. The molecule has 0 saturated carbocycles. The van der Waals surface area contributed by atoms with E-state index in [9.17, 15) is 22.4 Å². The number of anilines is 1. The molecule has 7 nitrogen and oxygen atoms in total. The zero-order valence-electron chi connectivity index (χ0n) is 22.6. The van der Waals surface area contributed by atoms with Crippen molar-refractivity contribution in [3.8, 4) is 0 Å². The minimum absolute atomic E-state index is 0.0273. The van der Waals surface area contributed by atoms with Gasteiger partial charge in [0.15, 0.2) is 0 Å². The maximum Gasteiger partial charge on any atom is 0.264 e. The Bertz CT molecular complexity index is 1420. The van der Waals surface area contributed by atoms with Crippen molar-refractivity contribution >= 4 is 39.1 Å². The van der Waals surface area contributed by atoms with Gasteiger partial charge >= 0.3 is 0 Å². The first kappa shape index (κ1) is 30.1. The van der Waals surface area contributed by atoms with Gasteiger partial charge in [0.05, 0.1) is 10.6 Å². The molecule has 0 fully saturated rings. The van der Waals surface area contributed by atoms with E-state index in [4.69, 9.17) is 11.6 Å². The monoisotopic (exact) mass is 573 g/mol. The summed E-state index contributed by atoms with van der Waals surface area (Å²) in [7, 11) is -4.20. The number of amides is 2. The average Bonchev–Trinajstić information content (AvgIpc) is 2.86. The number of hydrogen-bond acceptors (Lipinski definition) is 4. The van der Waals surface area contributed by atoms with Gasteiger partial charge in [-0.1, -0.05) is 41.9 Å². The molecule has 0 saturated heterocycles. The van der Waals surface area contributed by atoms with Crippen molar-refractivity contribution in [2.75, 3.05) is 10.8 Å². The van der Waals surface area contributed by atoms with Crippen molar-refractivity contribution in [2.24, 2.45) is 0 Å². The number of halogens is 2. The van der Waals surface area contributed by atoms with Crippen molar-refractivity contribution in [3.63, 3.8) is 0 Å². The highest BCUT2D eigenvalue weighted by Crippen LogP contribution is 2.28. The molecule has 3 rings (SSSR count). The number of carbonyl (C=O) groups excluding carboxylic acids is 2. The Hall–Kier alpha value is -3.43. The molecule has 208 valence electrons. The molecule has 0 heterocycles. The molecule has 0 aliphatic carbocycles. The zero-order valence-corrected chi connectivity index (χ0v) is 24.2. The van der Waals surface area contributed by atoms with Gasteiger partial charge in [-0.25, -0.2) is 12.8 Å². The van der Waals surface area contributed by atoms with Gasteiger partial charge in [0.25, 0.3) is 10.0 Å². The van der Waals surface area contributed by atoms with Crippen LogP contribution in [0.15, 0.2) is 77.7 Å². The minimum atomic E-state index is -4.20. The largest absolute Gasteiger partial charge is 0.350 e. The summed E-state index contributed by atoms with van der Waals surface area (Å²) in [5.41, 5.74) is 1.00. The first-order valence-electron chi connectivity index (χ1n) is 12.4. The van der Waals surface area contributed by atoms with Gasteiger partial charge in [0.2, 0.25) is 11.8 Å². The Morgan fingerprint density at radius 2 is 1.56 bits per heavy atom. The smallest absolute Gasteiger partial charge is 0.264 e. The molecule has 0 spiro atoms. The molecule has 0 unspecified atom stereocenters.